The summed E-state index contributed by atoms with van der Waals surface area (Å²) in [6, 6.07) is 7.27. The first-order valence-electron chi connectivity index (χ1n) is 5.65. The van der Waals surface area contributed by atoms with Gasteiger partial charge in [-0.25, -0.2) is 9.18 Å². The van der Waals surface area contributed by atoms with Crippen molar-refractivity contribution >= 4 is 17.9 Å². The Morgan fingerprint density at radius 3 is 3.10 bits per heavy atom. The summed E-state index contributed by atoms with van der Waals surface area (Å²) in [6.07, 6.45) is -0.00208. The fourth-order valence-corrected chi connectivity index (χ4v) is 2.14. The molecule has 0 spiro atoms. The van der Waals surface area contributed by atoms with Crippen LogP contribution < -0.4 is 5.32 Å². The molecule has 1 amide bonds. The van der Waals surface area contributed by atoms with E-state index in [1.165, 1.54) is 17.8 Å². The fraction of sp³-hybridized carbons (Fsp3) is 0.250. The summed E-state index contributed by atoms with van der Waals surface area (Å²) in [5.41, 5.74) is 9.09. The molecule has 0 aliphatic rings. The van der Waals surface area contributed by atoms with Crippen molar-refractivity contribution in [2.24, 2.45) is 5.11 Å². The van der Waals surface area contributed by atoms with Gasteiger partial charge in [-0.3, -0.25) is 0 Å². The Morgan fingerprint density at radius 1 is 1.60 bits per heavy atom. The van der Waals surface area contributed by atoms with Gasteiger partial charge in [0.25, 0.3) is 0 Å². The minimum atomic E-state index is -1.19. The number of nitrogens with one attached hydrogen (secondary N) is 1. The normalized spacial score (nSPS) is 10.8. The topological polar surface area (TPSA) is 98.1 Å². The molecule has 0 saturated carbocycles. The molecule has 1 aromatic rings. The lowest BCUT2D eigenvalue weighted by atomic mass is 10.2. The lowest BCUT2D eigenvalue weighted by molar-refractivity contribution is 0.195. The van der Waals surface area contributed by atoms with Crippen LogP contribution in [-0.2, 0) is 6.54 Å². The molecule has 0 aliphatic heterocycles. The quantitative estimate of drug-likeness (QED) is 0.347. The minimum absolute atomic E-state index is 0.0569. The van der Waals surface area contributed by atoms with E-state index in [0.29, 0.717) is 0 Å². The Labute approximate surface area is 119 Å². The highest BCUT2D eigenvalue weighted by atomic mass is 32.2. The Morgan fingerprint density at radius 2 is 2.40 bits per heavy atom. The number of carbonyl (C=O) groups is 1. The van der Waals surface area contributed by atoms with Gasteiger partial charge in [0.2, 0.25) is 0 Å². The van der Waals surface area contributed by atoms with Gasteiger partial charge in [0.05, 0.1) is 6.54 Å². The van der Waals surface area contributed by atoms with Crippen LogP contribution in [0.2, 0.25) is 0 Å². The molecule has 20 heavy (non-hydrogen) atoms. The van der Waals surface area contributed by atoms with Crippen molar-refractivity contribution in [1.29, 1.82) is 0 Å². The highest BCUT2D eigenvalue weighted by Gasteiger charge is 2.00. The second-order valence-electron chi connectivity index (χ2n) is 3.66. The molecule has 8 heteroatoms. The van der Waals surface area contributed by atoms with Crippen LogP contribution in [0.25, 0.3) is 10.4 Å². The van der Waals surface area contributed by atoms with Crippen LogP contribution in [0, 0.1) is 0 Å². The summed E-state index contributed by atoms with van der Waals surface area (Å²) in [4.78, 5) is 13.7. The Bertz CT molecular complexity index is 544. The predicted octanol–water partition coefficient (Wildman–Crippen LogP) is 3.71. The summed E-state index contributed by atoms with van der Waals surface area (Å²) in [5.74, 6) is -0.282. The number of nitrogens with zero attached hydrogens (tertiary/aromatic N) is 3. The third-order valence-corrected chi connectivity index (χ3v) is 3.18. The number of hydrogen-bond donors (Lipinski definition) is 2. The van der Waals surface area contributed by atoms with E-state index in [2.05, 4.69) is 15.3 Å². The van der Waals surface area contributed by atoms with Gasteiger partial charge >= 0.3 is 6.09 Å². The van der Waals surface area contributed by atoms with Crippen LogP contribution in [0.15, 0.2) is 46.2 Å². The maximum atomic E-state index is 13.4. The summed E-state index contributed by atoms with van der Waals surface area (Å²) in [5, 5.41) is 13.8. The summed E-state index contributed by atoms with van der Waals surface area (Å²) < 4.78 is 13.4. The van der Waals surface area contributed by atoms with Crippen molar-refractivity contribution in [1.82, 2.24) is 5.32 Å². The van der Waals surface area contributed by atoms with Gasteiger partial charge < -0.3 is 10.4 Å². The number of carboxylic acid groups (broad SMARTS) is 1. The Hall–Kier alpha value is -2.18. The molecule has 0 saturated heterocycles. The van der Waals surface area contributed by atoms with Gasteiger partial charge in [0, 0.05) is 22.1 Å². The molecule has 1 aromatic carbocycles. The van der Waals surface area contributed by atoms with Crippen molar-refractivity contribution < 1.29 is 14.3 Å². The first-order valence-corrected chi connectivity index (χ1v) is 6.64. The predicted molar refractivity (Wildman–Crippen MR) is 75.2 cm³/mol. The fourth-order valence-electron chi connectivity index (χ4n) is 1.31. The lowest BCUT2D eigenvalue weighted by Gasteiger charge is -2.02. The average molecular weight is 296 g/mol. The number of thioether (sulfide) groups is 1. The number of azide groups is 1. The van der Waals surface area contributed by atoms with Crippen LogP contribution in [0.1, 0.15) is 5.56 Å². The van der Waals surface area contributed by atoms with Crippen molar-refractivity contribution in [3.8, 4) is 0 Å². The van der Waals surface area contributed by atoms with E-state index in [1.54, 1.807) is 6.07 Å². The largest absolute Gasteiger partial charge is 0.465 e. The molecule has 2 N–H and O–H groups in total. The molecule has 0 unspecified atom stereocenters. The second kappa shape index (κ2) is 8.84. The Kier molecular flexibility index (Phi) is 7.02. The van der Waals surface area contributed by atoms with Gasteiger partial charge in [0.1, 0.15) is 5.83 Å². The monoisotopic (exact) mass is 296 g/mol. The minimum Gasteiger partial charge on any atom is -0.465 e. The molecule has 0 heterocycles. The van der Waals surface area contributed by atoms with Crippen LogP contribution in [-0.4, -0.2) is 23.5 Å². The van der Waals surface area contributed by atoms with Gasteiger partial charge in [-0.15, -0.1) is 11.8 Å². The first-order chi connectivity index (χ1) is 9.61. The molecule has 0 fully saturated rings. The van der Waals surface area contributed by atoms with E-state index in [-0.39, 0.29) is 18.8 Å². The zero-order chi connectivity index (χ0) is 14.8. The van der Waals surface area contributed by atoms with E-state index < -0.39 is 11.9 Å². The van der Waals surface area contributed by atoms with Gasteiger partial charge in [-0.05, 0) is 29.3 Å². The average Bonchev–Trinajstić information content (AvgIpc) is 2.43. The van der Waals surface area contributed by atoms with E-state index in [1.807, 2.05) is 18.2 Å². The highest BCUT2D eigenvalue weighted by Crippen LogP contribution is 2.22. The van der Waals surface area contributed by atoms with Gasteiger partial charge in [0.15, 0.2) is 0 Å². The zero-order valence-electron chi connectivity index (χ0n) is 10.5. The van der Waals surface area contributed by atoms with Crippen LogP contribution >= 0.6 is 11.8 Å². The van der Waals surface area contributed by atoms with E-state index in [0.717, 1.165) is 10.5 Å². The molecule has 0 aromatic heterocycles. The standard InChI is InChI=1S/C12H13FN4O2S/c13-10(4-5-15-12(18)19)8-20-11-3-1-2-9(6-11)7-16-17-14/h1-4,6,15H,5,7-8H2,(H,18,19)/b10-4-. The molecular weight excluding hydrogens is 283 g/mol. The smallest absolute Gasteiger partial charge is 0.404 e. The van der Waals surface area contributed by atoms with Crippen molar-refractivity contribution in [3.05, 3.63) is 52.2 Å². The summed E-state index contributed by atoms with van der Waals surface area (Å²) in [6.45, 7) is 0.199. The molecule has 0 radical (unpaired) electrons. The van der Waals surface area contributed by atoms with Crippen LogP contribution in [0.5, 0.6) is 0 Å². The number of benzene rings is 1. The Balaban J connectivity index is 2.48. The second-order valence-corrected chi connectivity index (χ2v) is 4.71. The number of amides is 1. The maximum Gasteiger partial charge on any atom is 0.404 e. The van der Waals surface area contributed by atoms with Gasteiger partial charge in [-0.2, -0.15) is 0 Å². The van der Waals surface area contributed by atoms with Gasteiger partial charge in [-0.1, -0.05) is 17.2 Å². The number of rotatable bonds is 7. The lowest BCUT2D eigenvalue weighted by Crippen LogP contribution is -2.20. The zero-order valence-corrected chi connectivity index (χ0v) is 11.3. The van der Waals surface area contributed by atoms with Crippen molar-refractivity contribution in [3.63, 3.8) is 0 Å². The summed E-state index contributed by atoms with van der Waals surface area (Å²) >= 11 is 1.28. The molecular formula is C12H13FN4O2S. The first kappa shape index (κ1) is 15.9. The third-order valence-electron chi connectivity index (χ3n) is 2.17. The van der Waals surface area contributed by atoms with Crippen molar-refractivity contribution in [2.45, 2.75) is 11.4 Å². The molecule has 0 atom stereocenters. The number of hydrogen-bond acceptors (Lipinski definition) is 3. The number of halogens is 1. The SMILES string of the molecule is [N-]=[N+]=NCc1cccc(SC/C(F)=C/CNC(=O)O)c1. The third kappa shape index (κ3) is 6.67. The highest BCUT2D eigenvalue weighted by molar-refractivity contribution is 7.99. The van der Waals surface area contributed by atoms with Crippen molar-refractivity contribution in [2.75, 3.05) is 12.3 Å². The molecule has 0 bridgehead atoms. The molecule has 1 rings (SSSR count). The summed E-state index contributed by atoms with van der Waals surface area (Å²) in [7, 11) is 0. The van der Waals surface area contributed by atoms with Crippen LogP contribution in [0.3, 0.4) is 0 Å². The van der Waals surface area contributed by atoms with Crippen LogP contribution in [0.4, 0.5) is 9.18 Å². The maximum absolute atomic E-state index is 13.4. The molecule has 106 valence electrons. The molecule has 6 nitrogen and oxygen atoms in total. The van der Waals surface area contributed by atoms with E-state index in [9.17, 15) is 9.18 Å². The molecule has 0 aliphatic carbocycles. The van der Waals surface area contributed by atoms with E-state index in [4.69, 9.17) is 10.6 Å². The van der Waals surface area contributed by atoms with E-state index >= 15 is 0 Å².